The van der Waals surface area contributed by atoms with Gasteiger partial charge in [0.05, 0.1) is 27.8 Å². The number of nitriles is 1. The van der Waals surface area contributed by atoms with Gasteiger partial charge in [-0.05, 0) is 60.5 Å². The number of aryl methyl sites for hydroxylation is 1. The number of rotatable bonds is 5. The van der Waals surface area contributed by atoms with Gasteiger partial charge in [0.1, 0.15) is 10.4 Å². The second kappa shape index (κ2) is 9.89. The summed E-state index contributed by atoms with van der Waals surface area (Å²) in [6, 6.07) is 16.6. The average molecular weight is 568 g/mol. The zero-order chi connectivity index (χ0) is 25.5. The van der Waals surface area contributed by atoms with Crippen molar-refractivity contribution >= 4 is 81.2 Å². The highest BCUT2D eigenvalue weighted by Crippen LogP contribution is 2.65. The molecule has 0 unspecified atom stereocenters. The Hall–Kier alpha value is -2.46. The number of hydrogen-bond donors (Lipinski definition) is 2. The Morgan fingerprint density at radius 2 is 1.66 bits per heavy atom. The number of alkyl halides is 2. The Labute approximate surface area is 226 Å². The van der Waals surface area contributed by atoms with E-state index in [1.165, 1.54) is 12.1 Å². The lowest BCUT2D eigenvalue weighted by atomic mass is 10.1. The number of amides is 2. The van der Waals surface area contributed by atoms with Crippen molar-refractivity contribution in [3.63, 3.8) is 0 Å². The summed E-state index contributed by atoms with van der Waals surface area (Å²) >= 11 is 31.2. The maximum atomic E-state index is 13.0. The van der Waals surface area contributed by atoms with Gasteiger partial charge in [-0.25, -0.2) is 0 Å². The monoisotopic (exact) mass is 565 g/mol. The van der Waals surface area contributed by atoms with Gasteiger partial charge in [-0.3, -0.25) is 9.59 Å². The minimum atomic E-state index is -1.34. The summed E-state index contributed by atoms with van der Waals surface area (Å²) in [4.78, 5) is 25.9. The molecule has 2 amide bonds. The SMILES string of the molecule is Cc1cccc(NC(=O)c2cc(NC(=O)[C@@H]3[C@@H](c4cc(Cl)cc(Cl)c4)C3(Cl)Cl)ccc2Cl)c1C#N. The first-order chi connectivity index (χ1) is 16.5. The Morgan fingerprint density at radius 1 is 0.971 bits per heavy atom. The average Bonchev–Trinajstić information content (AvgIpc) is 3.36. The lowest BCUT2D eigenvalue weighted by Crippen LogP contribution is -2.18. The van der Waals surface area contributed by atoms with Crippen LogP contribution in [0.25, 0.3) is 0 Å². The van der Waals surface area contributed by atoms with Crippen LogP contribution in [0.3, 0.4) is 0 Å². The van der Waals surface area contributed by atoms with E-state index in [9.17, 15) is 14.9 Å². The first-order valence-corrected chi connectivity index (χ1v) is 12.2. The van der Waals surface area contributed by atoms with E-state index >= 15 is 0 Å². The molecule has 2 atom stereocenters. The van der Waals surface area contributed by atoms with Crippen LogP contribution in [0.4, 0.5) is 11.4 Å². The van der Waals surface area contributed by atoms with Crippen molar-refractivity contribution in [2.75, 3.05) is 10.6 Å². The molecule has 0 aliphatic heterocycles. The van der Waals surface area contributed by atoms with E-state index in [0.29, 0.717) is 32.5 Å². The summed E-state index contributed by atoms with van der Waals surface area (Å²) in [5, 5.41) is 15.8. The highest BCUT2D eigenvalue weighted by molar-refractivity contribution is 6.53. The molecule has 0 aromatic heterocycles. The molecule has 0 saturated heterocycles. The van der Waals surface area contributed by atoms with Crippen molar-refractivity contribution in [3.8, 4) is 6.07 Å². The van der Waals surface area contributed by atoms with E-state index in [1.807, 2.05) is 0 Å². The van der Waals surface area contributed by atoms with E-state index in [-0.39, 0.29) is 10.6 Å². The smallest absolute Gasteiger partial charge is 0.257 e. The fourth-order valence-electron chi connectivity index (χ4n) is 3.93. The largest absolute Gasteiger partial charge is 0.326 e. The fraction of sp³-hybridized carbons (Fsp3) is 0.160. The topological polar surface area (TPSA) is 82.0 Å². The number of halogens is 5. The molecular weight excluding hydrogens is 552 g/mol. The van der Waals surface area contributed by atoms with Crippen LogP contribution in [-0.4, -0.2) is 16.1 Å². The van der Waals surface area contributed by atoms with Crippen molar-refractivity contribution in [1.29, 1.82) is 5.26 Å². The van der Waals surface area contributed by atoms with Crippen LogP contribution < -0.4 is 10.6 Å². The first-order valence-electron chi connectivity index (χ1n) is 10.3. The van der Waals surface area contributed by atoms with Crippen molar-refractivity contribution in [1.82, 2.24) is 0 Å². The van der Waals surface area contributed by atoms with Gasteiger partial charge in [-0.1, -0.05) is 46.9 Å². The summed E-state index contributed by atoms with van der Waals surface area (Å²) < 4.78 is -1.34. The molecule has 5 nitrogen and oxygen atoms in total. The maximum absolute atomic E-state index is 13.0. The van der Waals surface area contributed by atoms with Gasteiger partial charge >= 0.3 is 0 Å². The van der Waals surface area contributed by atoms with Crippen LogP contribution in [0, 0.1) is 24.2 Å². The van der Waals surface area contributed by atoms with Gasteiger partial charge in [-0.2, -0.15) is 5.26 Å². The summed E-state index contributed by atoms with van der Waals surface area (Å²) in [5.74, 6) is -2.24. The quantitative estimate of drug-likeness (QED) is 0.312. The van der Waals surface area contributed by atoms with E-state index in [1.54, 1.807) is 49.4 Å². The number of carbonyl (C=O) groups excluding carboxylic acids is 2. The number of anilines is 2. The van der Waals surface area contributed by atoms with Crippen LogP contribution in [0.15, 0.2) is 54.6 Å². The summed E-state index contributed by atoms with van der Waals surface area (Å²) in [6.45, 7) is 1.77. The fourth-order valence-corrected chi connectivity index (χ4v) is 5.50. The van der Waals surface area contributed by atoms with Crippen LogP contribution in [-0.2, 0) is 4.79 Å². The molecule has 3 aromatic rings. The molecule has 1 aliphatic carbocycles. The van der Waals surface area contributed by atoms with Crippen molar-refractivity contribution in [2.45, 2.75) is 17.2 Å². The Morgan fingerprint density at radius 3 is 2.31 bits per heavy atom. The van der Waals surface area contributed by atoms with Crippen LogP contribution in [0.5, 0.6) is 0 Å². The van der Waals surface area contributed by atoms with E-state index < -0.39 is 28.0 Å². The molecule has 4 rings (SSSR count). The summed E-state index contributed by atoms with van der Waals surface area (Å²) in [6.07, 6.45) is 0. The molecule has 35 heavy (non-hydrogen) atoms. The Bertz CT molecular complexity index is 1380. The molecule has 2 N–H and O–H groups in total. The van der Waals surface area contributed by atoms with Gasteiger partial charge in [-0.15, -0.1) is 23.2 Å². The third-order valence-corrected chi connectivity index (χ3v) is 7.40. The molecule has 1 aliphatic rings. The molecule has 10 heteroatoms. The highest BCUT2D eigenvalue weighted by Gasteiger charge is 2.67. The lowest BCUT2D eigenvalue weighted by Gasteiger charge is -2.12. The molecule has 0 radical (unpaired) electrons. The number of nitrogens with one attached hydrogen (secondary N) is 2. The van der Waals surface area contributed by atoms with Crippen LogP contribution >= 0.6 is 58.0 Å². The van der Waals surface area contributed by atoms with E-state index in [4.69, 9.17) is 58.0 Å². The molecule has 0 heterocycles. The minimum Gasteiger partial charge on any atom is -0.326 e. The zero-order valence-electron chi connectivity index (χ0n) is 18.0. The van der Waals surface area contributed by atoms with Gasteiger partial charge in [0, 0.05) is 21.7 Å². The third kappa shape index (κ3) is 5.23. The number of benzene rings is 3. The van der Waals surface area contributed by atoms with E-state index in [0.717, 1.165) is 5.56 Å². The second-order valence-electron chi connectivity index (χ2n) is 8.08. The molecule has 178 valence electrons. The molecule has 1 fully saturated rings. The van der Waals surface area contributed by atoms with Gasteiger partial charge in [0.2, 0.25) is 5.91 Å². The van der Waals surface area contributed by atoms with Crippen LogP contribution in [0.2, 0.25) is 15.1 Å². The van der Waals surface area contributed by atoms with Gasteiger partial charge in [0.25, 0.3) is 5.91 Å². The van der Waals surface area contributed by atoms with Crippen molar-refractivity contribution in [3.05, 3.63) is 91.9 Å². The number of nitrogens with zero attached hydrogens (tertiary/aromatic N) is 1. The molecule has 3 aromatic carbocycles. The van der Waals surface area contributed by atoms with E-state index in [2.05, 4.69) is 16.7 Å². The molecule has 1 saturated carbocycles. The lowest BCUT2D eigenvalue weighted by molar-refractivity contribution is -0.117. The minimum absolute atomic E-state index is 0.117. The third-order valence-electron chi connectivity index (χ3n) is 5.69. The maximum Gasteiger partial charge on any atom is 0.257 e. The zero-order valence-corrected chi connectivity index (χ0v) is 21.8. The molecular formula is C25H16Cl5N3O2. The number of hydrogen-bond acceptors (Lipinski definition) is 3. The standard InChI is InChI=1S/C25H16Cl5N3O2/c1-12-3-2-4-20(18(12)11-31)33-23(34)17-10-16(5-6-19(17)28)32-24(35)22-21(25(22,29)30)13-7-14(26)9-15(27)8-13/h2-10,21-22H,1H3,(H,32,35)(H,33,34)/t21-,22+/m1/s1. The predicted octanol–water partition coefficient (Wildman–Crippen LogP) is 7.61. The van der Waals surface area contributed by atoms with Crippen LogP contribution in [0.1, 0.15) is 33.0 Å². The Balaban J connectivity index is 1.53. The second-order valence-corrected chi connectivity index (χ2v) is 10.8. The number of carbonyl (C=O) groups is 2. The predicted molar refractivity (Wildman–Crippen MR) is 141 cm³/mol. The summed E-state index contributed by atoms with van der Waals surface area (Å²) in [7, 11) is 0. The van der Waals surface area contributed by atoms with Crippen molar-refractivity contribution < 1.29 is 9.59 Å². The summed E-state index contributed by atoms with van der Waals surface area (Å²) in [5.41, 5.74) is 2.53. The van der Waals surface area contributed by atoms with Gasteiger partial charge in [0.15, 0.2) is 0 Å². The molecule has 0 bridgehead atoms. The molecule has 0 spiro atoms. The highest BCUT2D eigenvalue weighted by atomic mass is 35.5. The first kappa shape index (κ1) is 25.6. The van der Waals surface area contributed by atoms with Crippen molar-refractivity contribution in [2.24, 2.45) is 5.92 Å². The van der Waals surface area contributed by atoms with Gasteiger partial charge < -0.3 is 10.6 Å². The Kier molecular flexibility index (Phi) is 7.24. The normalized spacial score (nSPS) is 17.9.